The summed E-state index contributed by atoms with van der Waals surface area (Å²) < 4.78 is 13.0. The van der Waals surface area contributed by atoms with Gasteiger partial charge in [-0.3, -0.25) is 4.79 Å². The molecule has 278 valence electrons. The summed E-state index contributed by atoms with van der Waals surface area (Å²) in [5, 5.41) is 21.9. The number of carbonyl (C=O) groups excluding carboxylic acids is 3. The number of likely N-dealkylation sites (N-methyl/N-ethyl adjacent to an activating group) is 1. The van der Waals surface area contributed by atoms with Gasteiger partial charge in [-0.15, -0.1) is 0 Å². The molecule has 2 aromatic heterocycles. The van der Waals surface area contributed by atoms with Crippen molar-refractivity contribution in [3.05, 3.63) is 54.2 Å². The van der Waals surface area contributed by atoms with E-state index in [-0.39, 0.29) is 24.3 Å². The summed E-state index contributed by atoms with van der Waals surface area (Å²) in [4.78, 5) is 49.1. The number of benzene rings is 1. The van der Waals surface area contributed by atoms with E-state index in [9.17, 15) is 19.5 Å². The van der Waals surface area contributed by atoms with Crippen molar-refractivity contribution in [2.75, 3.05) is 55.8 Å². The van der Waals surface area contributed by atoms with Gasteiger partial charge in [-0.05, 0) is 86.2 Å². The molecule has 1 fully saturated rings. The summed E-state index contributed by atoms with van der Waals surface area (Å²) in [5.74, 6) is 0.423. The molecule has 0 aliphatic carbocycles. The van der Waals surface area contributed by atoms with E-state index in [2.05, 4.69) is 15.7 Å². The summed E-state index contributed by atoms with van der Waals surface area (Å²) in [6, 6.07) is 8.65. The molecule has 1 aliphatic rings. The predicted octanol–water partition coefficient (Wildman–Crippen LogP) is 6.01. The van der Waals surface area contributed by atoms with Crippen LogP contribution in [0.1, 0.15) is 73.3 Å². The van der Waals surface area contributed by atoms with Gasteiger partial charge >= 0.3 is 12.2 Å². The quantitative estimate of drug-likeness (QED) is 0.214. The van der Waals surface area contributed by atoms with Crippen molar-refractivity contribution < 1.29 is 29.0 Å². The maximum absolute atomic E-state index is 14.1. The summed E-state index contributed by atoms with van der Waals surface area (Å²) in [6.45, 7) is 16.5. The first-order valence-electron chi connectivity index (χ1n) is 17.3. The highest BCUT2D eigenvalue weighted by Gasteiger charge is 2.33. The third kappa shape index (κ3) is 10.9. The molecule has 3 N–H and O–H groups in total. The molecule has 51 heavy (non-hydrogen) atoms. The number of hydrogen-bond acceptors (Lipinski definition) is 10. The van der Waals surface area contributed by atoms with E-state index in [1.165, 1.54) is 15.9 Å². The van der Waals surface area contributed by atoms with Crippen LogP contribution in [0.15, 0.2) is 48.7 Å². The molecule has 0 bridgehead atoms. The molecule has 3 aromatic rings. The van der Waals surface area contributed by atoms with Crippen LogP contribution in [0.5, 0.6) is 0 Å². The molecule has 2 atom stereocenters. The maximum atomic E-state index is 14.1. The number of rotatable bonds is 10. The van der Waals surface area contributed by atoms with Crippen LogP contribution in [0.3, 0.4) is 0 Å². The molecule has 4 rings (SSSR count). The van der Waals surface area contributed by atoms with E-state index in [0.717, 1.165) is 5.56 Å². The van der Waals surface area contributed by atoms with Crippen LogP contribution in [-0.4, -0.2) is 105 Å². The molecular weight excluding hydrogens is 652 g/mol. The molecule has 3 heterocycles. The Balaban J connectivity index is 1.69. The Labute approximate surface area is 300 Å². The minimum Gasteiger partial charge on any atom is -0.444 e. The largest absolute Gasteiger partial charge is 0.444 e. The topological polar surface area (TPSA) is 154 Å². The number of aliphatic hydroxyl groups excluding tert-OH is 1. The van der Waals surface area contributed by atoms with Crippen molar-refractivity contribution >= 4 is 46.8 Å². The van der Waals surface area contributed by atoms with E-state index < -0.39 is 29.5 Å². The number of anilines is 4. The van der Waals surface area contributed by atoms with E-state index in [1.54, 1.807) is 67.9 Å². The first-order valence-corrected chi connectivity index (χ1v) is 17.3. The van der Waals surface area contributed by atoms with Crippen LogP contribution in [0.4, 0.5) is 32.6 Å². The Kier molecular flexibility index (Phi) is 12.4. The van der Waals surface area contributed by atoms with Gasteiger partial charge in [0.2, 0.25) is 5.91 Å². The van der Waals surface area contributed by atoms with Gasteiger partial charge in [-0.25, -0.2) is 19.5 Å². The van der Waals surface area contributed by atoms with Gasteiger partial charge in [-0.1, -0.05) is 26.0 Å². The summed E-state index contributed by atoms with van der Waals surface area (Å²) in [5.41, 5.74) is 0.901. The van der Waals surface area contributed by atoms with E-state index in [1.807, 2.05) is 53.6 Å². The average molecular weight is 707 g/mol. The van der Waals surface area contributed by atoms with Crippen LogP contribution < -0.4 is 15.5 Å². The second-order valence-corrected chi connectivity index (χ2v) is 15.4. The van der Waals surface area contributed by atoms with Crippen molar-refractivity contribution in [3.63, 3.8) is 0 Å². The smallest absolute Gasteiger partial charge is 0.420 e. The number of aromatic nitrogens is 3. The van der Waals surface area contributed by atoms with E-state index in [4.69, 9.17) is 14.5 Å². The van der Waals surface area contributed by atoms with Gasteiger partial charge in [-0.2, -0.15) is 9.61 Å². The number of fused-ring (bicyclic) bond motifs is 1. The molecular formula is C37H54N8O6. The molecule has 1 saturated heterocycles. The maximum Gasteiger partial charge on any atom is 0.420 e. The fraction of sp³-hybridized carbons (Fsp3) is 0.541. The monoisotopic (exact) mass is 706 g/mol. The summed E-state index contributed by atoms with van der Waals surface area (Å²) >= 11 is 0. The van der Waals surface area contributed by atoms with E-state index >= 15 is 0 Å². The van der Waals surface area contributed by atoms with Crippen LogP contribution in [0, 0.1) is 5.92 Å². The van der Waals surface area contributed by atoms with Crippen LogP contribution in [-0.2, 0) is 14.3 Å². The molecule has 3 amide bonds. The number of hydrogen-bond donors (Lipinski definition) is 3. The SMILES string of the molecule is CC(C)c1cnn2c(N(C(=O)OC(C)(C)C)c3cccc(NC(=O)/C=C/CN(C)C)c3)cc(NC[C@H]3CCN(C(=O)OC(C)(C)C)C[C@@H]3O)nc12. The highest BCUT2D eigenvalue weighted by atomic mass is 16.6. The first kappa shape index (κ1) is 39.1. The lowest BCUT2D eigenvalue weighted by Gasteiger charge is -2.36. The average Bonchev–Trinajstić information content (AvgIpc) is 3.43. The molecule has 14 nitrogen and oxygen atoms in total. The van der Waals surface area contributed by atoms with Gasteiger partial charge in [0.1, 0.15) is 22.8 Å². The third-order valence-electron chi connectivity index (χ3n) is 7.94. The Bertz CT molecular complexity index is 1720. The normalized spacial score (nSPS) is 16.9. The number of likely N-dealkylation sites (tertiary alicyclic amines) is 1. The van der Waals surface area contributed by atoms with Crippen molar-refractivity contribution in [2.24, 2.45) is 5.92 Å². The zero-order valence-electron chi connectivity index (χ0n) is 31.6. The molecule has 0 spiro atoms. The zero-order valence-corrected chi connectivity index (χ0v) is 31.6. The number of aliphatic hydroxyl groups is 1. The number of piperidine rings is 1. The Hall–Kier alpha value is -4.69. The molecule has 0 radical (unpaired) electrons. The Morgan fingerprint density at radius 2 is 1.78 bits per heavy atom. The summed E-state index contributed by atoms with van der Waals surface area (Å²) in [7, 11) is 3.83. The van der Waals surface area contributed by atoms with Gasteiger partial charge in [0.05, 0.1) is 24.5 Å². The lowest BCUT2D eigenvalue weighted by Crippen LogP contribution is -2.49. The second kappa shape index (κ2) is 16.1. The van der Waals surface area contributed by atoms with Gasteiger partial charge in [0.25, 0.3) is 0 Å². The Morgan fingerprint density at radius 1 is 1.08 bits per heavy atom. The zero-order chi connectivity index (χ0) is 37.7. The number of ether oxygens (including phenoxy) is 2. The van der Waals surface area contributed by atoms with Crippen molar-refractivity contribution in [1.82, 2.24) is 24.4 Å². The lowest BCUT2D eigenvalue weighted by atomic mass is 9.94. The van der Waals surface area contributed by atoms with Crippen molar-refractivity contribution in [1.29, 1.82) is 0 Å². The third-order valence-corrected chi connectivity index (χ3v) is 7.94. The number of amides is 3. The standard InChI is InChI=1S/C37H54N8O6/c1-24(2)28-22-39-45-32(20-30(41-33(28)45)38-21-25-16-18-43(23-29(25)46)34(48)50-36(3,4)5)44(35(49)51-37(6,7)8)27-14-11-13-26(19-27)40-31(47)15-12-17-42(9)10/h11-15,19-20,22,24-25,29,46H,16-18,21,23H2,1-10H3,(H,38,41)(H,40,47)/b15-12+/t25-,29+/m1/s1. The molecule has 0 unspecified atom stereocenters. The van der Waals surface area contributed by atoms with Gasteiger partial charge in [0, 0.05) is 48.9 Å². The number of carbonyl (C=O) groups is 3. The lowest BCUT2D eigenvalue weighted by molar-refractivity contribution is -0.111. The van der Waals surface area contributed by atoms with Crippen molar-refractivity contribution in [3.8, 4) is 0 Å². The minimum atomic E-state index is -0.816. The summed E-state index contributed by atoms with van der Waals surface area (Å²) in [6.07, 6.45) is 3.65. The highest BCUT2D eigenvalue weighted by molar-refractivity contribution is 6.01. The molecule has 0 saturated carbocycles. The fourth-order valence-electron chi connectivity index (χ4n) is 5.48. The van der Waals surface area contributed by atoms with Gasteiger partial charge < -0.3 is 35.0 Å². The minimum absolute atomic E-state index is 0.0752. The van der Waals surface area contributed by atoms with Crippen molar-refractivity contribution in [2.45, 2.75) is 85.0 Å². The Morgan fingerprint density at radius 3 is 2.41 bits per heavy atom. The second-order valence-electron chi connectivity index (χ2n) is 15.4. The molecule has 1 aliphatic heterocycles. The molecule has 14 heteroatoms. The number of nitrogens with zero attached hydrogens (tertiary/aromatic N) is 6. The van der Waals surface area contributed by atoms with Crippen LogP contribution in [0.2, 0.25) is 0 Å². The fourth-order valence-corrected chi connectivity index (χ4v) is 5.48. The first-order chi connectivity index (χ1) is 23.8. The predicted molar refractivity (Wildman–Crippen MR) is 199 cm³/mol. The van der Waals surface area contributed by atoms with Crippen LogP contribution in [0.25, 0.3) is 5.65 Å². The molecule has 1 aromatic carbocycles. The number of β-amino-alcohol motifs (C(OH)–C–C–N with tert-alkyl or cyclic N) is 1. The van der Waals surface area contributed by atoms with Crippen LogP contribution >= 0.6 is 0 Å². The highest BCUT2D eigenvalue weighted by Crippen LogP contribution is 2.33. The van der Waals surface area contributed by atoms with Gasteiger partial charge in [0.15, 0.2) is 5.65 Å². The number of nitrogens with one attached hydrogen (secondary N) is 2. The van der Waals surface area contributed by atoms with E-state index in [0.29, 0.717) is 54.7 Å².